The molecule has 0 aromatic carbocycles. The Hall–Kier alpha value is -3.43. The number of nitrogens with two attached hydrogens (primary N) is 1. The molecular formula is C27H39N7O3. The fourth-order valence-electron chi connectivity index (χ4n) is 5.64. The number of aromatic nitrogens is 3. The maximum Gasteiger partial charge on any atom is 0.325 e. The lowest BCUT2D eigenvalue weighted by atomic mass is 9.81. The van der Waals surface area contributed by atoms with Crippen molar-refractivity contribution >= 4 is 29.5 Å². The van der Waals surface area contributed by atoms with E-state index in [1.807, 2.05) is 0 Å². The van der Waals surface area contributed by atoms with E-state index < -0.39 is 18.0 Å². The van der Waals surface area contributed by atoms with Crippen LogP contribution in [0.5, 0.6) is 0 Å². The summed E-state index contributed by atoms with van der Waals surface area (Å²) < 4.78 is 1.61. The Morgan fingerprint density at radius 2 is 2.00 bits per heavy atom. The van der Waals surface area contributed by atoms with E-state index in [-0.39, 0.29) is 17.9 Å². The van der Waals surface area contributed by atoms with Crippen LogP contribution in [-0.2, 0) is 23.1 Å². The van der Waals surface area contributed by atoms with Crippen molar-refractivity contribution in [2.24, 2.45) is 18.9 Å². The van der Waals surface area contributed by atoms with Crippen molar-refractivity contribution in [3.8, 4) is 0 Å². The van der Waals surface area contributed by atoms with Crippen LogP contribution in [0.4, 0.5) is 16.4 Å². The van der Waals surface area contributed by atoms with E-state index >= 15 is 0 Å². The minimum Gasteiger partial charge on any atom is -0.384 e. The van der Waals surface area contributed by atoms with E-state index in [9.17, 15) is 14.4 Å². The number of hydrogen-bond acceptors (Lipinski definition) is 6. The fourth-order valence-corrected chi connectivity index (χ4v) is 5.64. The van der Waals surface area contributed by atoms with Gasteiger partial charge in [-0.2, -0.15) is 5.10 Å². The number of aryl methyl sites for hydroxylation is 1. The van der Waals surface area contributed by atoms with Crippen molar-refractivity contribution in [1.82, 2.24) is 25.0 Å². The van der Waals surface area contributed by atoms with Crippen LogP contribution >= 0.6 is 0 Å². The Labute approximate surface area is 218 Å². The SMILES string of the molecule is CCCC[C@@H](NC(=O)N1C(=O)C(Cc2ccnc(N)c2)[C@H]1C(=O)N(C)c1ccn(C)n1)C1CCCCC1. The highest BCUT2D eigenvalue weighted by molar-refractivity contribution is 6.12. The number of pyridine rings is 1. The Morgan fingerprint density at radius 1 is 1.24 bits per heavy atom. The number of nitrogens with zero attached hydrogens (tertiary/aromatic N) is 5. The van der Waals surface area contributed by atoms with Crippen molar-refractivity contribution in [2.45, 2.75) is 76.8 Å². The molecule has 2 aliphatic rings. The summed E-state index contributed by atoms with van der Waals surface area (Å²) in [5, 5.41) is 7.48. The van der Waals surface area contributed by atoms with Crippen molar-refractivity contribution in [3.63, 3.8) is 0 Å². The average molecular weight is 510 g/mol. The molecule has 3 N–H and O–H groups in total. The minimum absolute atomic E-state index is 0.00358. The number of β-lactam (4-membered cyclic amide) rings is 1. The molecule has 4 rings (SSSR count). The molecule has 2 fully saturated rings. The summed E-state index contributed by atoms with van der Waals surface area (Å²) in [7, 11) is 3.39. The lowest BCUT2D eigenvalue weighted by molar-refractivity contribution is -0.156. The van der Waals surface area contributed by atoms with Gasteiger partial charge >= 0.3 is 6.03 Å². The number of carbonyl (C=O) groups excluding carboxylic acids is 3. The largest absolute Gasteiger partial charge is 0.384 e. The smallest absolute Gasteiger partial charge is 0.325 e. The maximum absolute atomic E-state index is 13.7. The number of urea groups is 1. The van der Waals surface area contributed by atoms with Crippen LogP contribution in [0.25, 0.3) is 0 Å². The highest BCUT2D eigenvalue weighted by atomic mass is 16.2. The second-order valence-electron chi connectivity index (χ2n) is 10.4. The zero-order chi connectivity index (χ0) is 26.5. The number of unbranched alkanes of at least 4 members (excludes halogenated alkanes) is 1. The van der Waals surface area contributed by atoms with Gasteiger partial charge in [0.1, 0.15) is 11.9 Å². The summed E-state index contributed by atoms with van der Waals surface area (Å²) >= 11 is 0. The second kappa shape index (κ2) is 11.7. The monoisotopic (exact) mass is 509 g/mol. The van der Waals surface area contributed by atoms with E-state index in [0.717, 1.165) is 42.6 Å². The molecular weight excluding hydrogens is 470 g/mol. The Kier molecular flexibility index (Phi) is 8.45. The molecule has 10 nitrogen and oxygen atoms in total. The summed E-state index contributed by atoms with van der Waals surface area (Å²) in [6.07, 6.45) is 12.3. The number of imide groups is 1. The second-order valence-corrected chi connectivity index (χ2v) is 10.4. The van der Waals surface area contributed by atoms with Gasteiger partial charge in [-0.25, -0.2) is 9.78 Å². The molecule has 10 heteroatoms. The molecule has 200 valence electrons. The molecule has 1 saturated carbocycles. The van der Waals surface area contributed by atoms with Gasteiger partial charge in [0.15, 0.2) is 5.82 Å². The molecule has 3 heterocycles. The number of carbonyl (C=O) groups is 3. The van der Waals surface area contributed by atoms with Crippen molar-refractivity contribution < 1.29 is 14.4 Å². The van der Waals surface area contributed by atoms with Gasteiger partial charge in [0.25, 0.3) is 5.91 Å². The Morgan fingerprint density at radius 3 is 2.65 bits per heavy atom. The van der Waals surface area contributed by atoms with E-state index in [1.54, 1.807) is 49.4 Å². The molecule has 0 spiro atoms. The topological polar surface area (TPSA) is 126 Å². The summed E-state index contributed by atoms with van der Waals surface area (Å²) in [6.45, 7) is 2.14. The third-order valence-electron chi connectivity index (χ3n) is 7.76. The fraction of sp³-hybridized carbons (Fsp3) is 0.593. The standard InChI is InChI=1S/C27H39N7O3/c1-4-5-11-21(19-9-7-6-8-10-19)30-27(37)34-24(26(36)33(3)23-13-15-32(2)31-23)20(25(34)35)16-18-12-14-29-22(28)17-18/h12-15,17,19-21,24H,4-11,16H2,1-3H3,(H2,28,29)(H,30,37)/t20?,21-,24+/m1/s1. The number of nitrogens with one attached hydrogen (secondary N) is 1. The first-order valence-electron chi connectivity index (χ1n) is 13.4. The van der Waals surface area contributed by atoms with Crippen LogP contribution in [0.15, 0.2) is 30.6 Å². The number of likely N-dealkylation sites (tertiary alicyclic amines) is 1. The van der Waals surface area contributed by atoms with Crippen molar-refractivity contribution in [3.05, 3.63) is 36.2 Å². The normalized spacial score (nSPS) is 20.8. The molecule has 1 unspecified atom stereocenters. The predicted octanol–water partition coefficient (Wildman–Crippen LogP) is 3.28. The maximum atomic E-state index is 13.7. The van der Waals surface area contributed by atoms with Gasteiger partial charge in [-0.3, -0.25) is 24.1 Å². The lowest BCUT2D eigenvalue weighted by Crippen LogP contribution is -2.71. The van der Waals surface area contributed by atoms with Gasteiger partial charge in [0.05, 0.1) is 5.92 Å². The van der Waals surface area contributed by atoms with Crippen LogP contribution in [0.3, 0.4) is 0 Å². The highest BCUT2D eigenvalue weighted by Crippen LogP contribution is 2.34. The molecule has 1 aliphatic heterocycles. The van der Waals surface area contributed by atoms with E-state index in [4.69, 9.17) is 5.73 Å². The third kappa shape index (κ3) is 5.94. The number of nitrogen functional groups attached to an aromatic ring is 1. The van der Waals surface area contributed by atoms with Crippen molar-refractivity contribution in [2.75, 3.05) is 17.7 Å². The molecule has 0 radical (unpaired) electrons. The van der Waals surface area contributed by atoms with Gasteiger partial charge in [-0.15, -0.1) is 0 Å². The quantitative estimate of drug-likeness (QED) is 0.500. The molecule has 3 atom stereocenters. The molecule has 1 saturated heterocycles. The van der Waals surface area contributed by atoms with Gasteiger partial charge in [-0.1, -0.05) is 39.0 Å². The Balaban J connectivity index is 1.56. The lowest BCUT2D eigenvalue weighted by Gasteiger charge is -2.46. The van der Waals surface area contributed by atoms with Gasteiger partial charge in [0.2, 0.25) is 5.91 Å². The van der Waals surface area contributed by atoms with Gasteiger partial charge < -0.3 is 11.1 Å². The van der Waals surface area contributed by atoms with Crippen molar-refractivity contribution in [1.29, 1.82) is 0 Å². The zero-order valence-electron chi connectivity index (χ0n) is 22.1. The zero-order valence-corrected chi connectivity index (χ0v) is 22.1. The van der Waals surface area contributed by atoms with E-state index in [2.05, 4.69) is 22.3 Å². The molecule has 4 amide bonds. The van der Waals surface area contributed by atoms with Gasteiger partial charge in [-0.05, 0) is 49.3 Å². The highest BCUT2D eigenvalue weighted by Gasteiger charge is 2.55. The Bertz CT molecular complexity index is 1110. The summed E-state index contributed by atoms with van der Waals surface area (Å²) in [6, 6.07) is 3.81. The van der Waals surface area contributed by atoms with Crippen LogP contribution in [0.1, 0.15) is 63.9 Å². The number of likely N-dealkylation sites (N-methyl/N-ethyl adjacent to an activating group) is 1. The molecule has 37 heavy (non-hydrogen) atoms. The van der Waals surface area contributed by atoms with Crippen LogP contribution < -0.4 is 16.0 Å². The van der Waals surface area contributed by atoms with Crippen LogP contribution in [0, 0.1) is 11.8 Å². The van der Waals surface area contributed by atoms with Crippen LogP contribution in [-0.4, -0.2) is 56.6 Å². The average Bonchev–Trinajstić information content (AvgIpc) is 3.33. The minimum atomic E-state index is -0.924. The summed E-state index contributed by atoms with van der Waals surface area (Å²) in [5.41, 5.74) is 6.63. The van der Waals surface area contributed by atoms with Gasteiger partial charge in [0, 0.05) is 38.6 Å². The first-order chi connectivity index (χ1) is 17.8. The molecule has 2 aromatic rings. The predicted molar refractivity (Wildman–Crippen MR) is 142 cm³/mol. The van der Waals surface area contributed by atoms with E-state index in [0.29, 0.717) is 24.0 Å². The number of anilines is 2. The molecule has 1 aliphatic carbocycles. The van der Waals surface area contributed by atoms with Crippen LogP contribution in [0.2, 0.25) is 0 Å². The van der Waals surface area contributed by atoms with E-state index in [1.165, 1.54) is 24.2 Å². The third-order valence-corrected chi connectivity index (χ3v) is 7.76. The number of rotatable bonds is 9. The number of hydrogen-bond donors (Lipinski definition) is 2. The first kappa shape index (κ1) is 26.6. The molecule has 0 bridgehead atoms. The first-order valence-corrected chi connectivity index (χ1v) is 13.4. The number of amides is 4. The summed E-state index contributed by atoms with van der Waals surface area (Å²) in [4.78, 5) is 47.2. The molecule has 2 aromatic heterocycles. The summed E-state index contributed by atoms with van der Waals surface area (Å²) in [5.74, 6) is -0.154.